The summed E-state index contributed by atoms with van der Waals surface area (Å²) < 4.78 is 0.878. The first-order chi connectivity index (χ1) is 8.51. The van der Waals surface area contributed by atoms with E-state index in [9.17, 15) is 19.8 Å². The Morgan fingerprint density at radius 3 is 2.72 bits per heavy atom. The lowest BCUT2D eigenvalue weighted by Crippen LogP contribution is -2.33. The van der Waals surface area contributed by atoms with Gasteiger partial charge in [0.1, 0.15) is 0 Å². The molecule has 0 aromatic carbocycles. The zero-order chi connectivity index (χ0) is 13.3. The largest absolute Gasteiger partial charge is 0.395 e. The fraction of sp³-hybridized carbons (Fsp3) is 0.636. The zero-order valence-corrected chi connectivity index (χ0v) is 10.9. The number of rotatable bonds is 3. The van der Waals surface area contributed by atoms with Crippen LogP contribution in [0.1, 0.15) is 23.8 Å². The van der Waals surface area contributed by atoms with E-state index in [0.717, 1.165) is 0 Å². The Morgan fingerprint density at radius 1 is 1.50 bits per heavy atom. The second kappa shape index (κ2) is 4.91. The van der Waals surface area contributed by atoms with Crippen LogP contribution in [0.3, 0.4) is 0 Å². The third-order valence-electron chi connectivity index (χ3n) is 3.27. The maximum Gasteiger partial charge on any atom is 0.329 e. The lowest BCUT2D eigenvalue weighted by atomic mass is 10.1. The minimum Gasteiger partial charge on any atom is -0.395 e. The Hall–Kier alpha value is -1.05. The average molecular weight is 272 g/mol. The summed E-state index contributed by atoms with van der Waals surface area (Å²) in [6.07, 6.45) is 2.85. The summed E-state index contributed by atoms with van der Waals surface area (Å²) in [7, 11) is 0. The second-order valence-electron chi connectivity index (χ2n) is 4.59. The Kier molecular flexibility index (Phi) is 3.65. The van der Waals surface area contributed by atoms with Gasteiger partial charge in [-0.15, -0.1) is 11.8 Å². The summed E-state index contributed by atoms with van der Waals surface area (Å²) in [4.78, 5) is 25.3. The van der Waals surface area contributed by atoms with Gasteiger partial charge in [-0.1, -0.05) is 0 Å². The van der Waals surface area contributed by atoms with Gasteiger partial charge in [-0.05, 0) is 19.8 Å². The minimum atomic E-state index is -0.589. The van der Waals surface area contributed by atoms with Crippen LogP contribution >= 0.6 is 11.8 Å². The van der Waals surface area contributed by atoms with Crippen molar-refractivity contribution >= 4 is 11.8 Å². The molecule has 0 bridgehead atoms. The summed E-state index contributed by atoms with van der Waals surface area (Å²) in [5, 5.41) is 18.5. The number of nitrogens with one attached hydrogen (secondary N) is 1. The molecule has 2 heterocycles. The second-order valence-corrected chi connectivity index (χ2v) is 6.23. The molecule has 2 rings (SSSR count). The molecule has 100 valence electrons. The Bertz CT molecular complexity index is 547. The SMILES string of the molecule is Cc1cn([C@H]2CCC(CO)(CO)S2)c(=O)[nH]c1=O. The third kappa shape index (κ3) is 2.25. The maximum absolute atomic E-state index is 11.7. The highest BCUT2D eigenvalue weighted by molar-refractivity contribution is 8.01. The van der Waals surface area contributed by atoms with E-state index in [1.165, 1.54) is 22.5 Å². The van der Waals surface area contributed by atoms with Crippen LogP contribution in [0.4, 0.5) is 0 Å². The molecule has 0 unspecified atom stereocenters. The molecule has 1 aliphatic rings. The number of nitrogens with zero attached hydrogens (tertiary/aromatic N) is 1. The van der Waals surface area contributed by atoms with Gasteiger partial charge in [0, 0.05) is 11.8 Å². The third-order valence-corrected chi connectivity index (χ3v) is 4.96. The first-order valence-corrected chi connectivity index (χ1v) is 6.61. The normalized spacial score (nSPS) is 22.3. The predicted octanol–water partition coefficient (Wildman–Crippen LogP) is -0.406. The maximum atomic E-state index is 11.7. The van der Waals surface area contributed by atoms with Crippen molar-refractivity contribution in [3.8, 4) is 0 Å². The molecule has 0 spiro atoms. The summed E-state index contributed by atoms with van der Waals surface area (Å²) in [6, 6.07) is 0. The van der Waals surface area contributed by atoms with Crippen molar-refractivity contribution in [2.24, 2.45) is 0 Å². The molecule has 1 aromatic rings. The highest BCUT2D eigenvalue weighted by Crippen LogP contribution is 2.48. The van der Waals surface area contributed by atoms with Crippen LogP contribution in [0.25, 0.3) is 0 Å². The number of aliphatic hydroxyl groups excluding tert-OH is 2. The van der Waals surface area contributed by atoms with E-state index >= 15 is 0 Å². The fourth-order valence-electron chi connectivity index (χ4n) is 2.07. The Morgan fingerprint density at radius 2 is 2.17 bits per heavy atom. The van der Waals surface area contributed by atoms with Gasteiger partial charge in [-0.25, -0.2) is 4.79 Å². The number of aromatic amines is 1. The molecule has 1 aromatic heterocycles. The molecule has 0 amide bonds. The van der Waals surface area contributed by atoms with Gasteiger partial charge in [0.05, 0.1) is 23.3 Å². The van der Waals surface area contributed by atoms with E-state index in [2.05, 4.69) is 4.98 Å². The standard InChI is InChI=1S/C11H16N2O4S/c1-7-4-13(10(17)12-9(7)16)8-2-3-11(5-14,6-15)18-8/h4,8,14-15H,2-3,5-6H2,1H3,(H,12,16,17)/t8-/m1/s1. The van der Waals surface area contributed by atoms with Crippen LogP contribution in [0.15, 0.2) is 15.8 Å². The smallest absolute Gasteiger partial charge is 0.329 e. The first-order valence-electron chi connectivity index (χ1n) is 5.73. The molecule has 7 heteroatoms. The molecule has 1 fully saturated rings. The lowest BCUT2D eigenvalue weighted by Gasteiger charge is -2.23. The van der Waals surface area contributed by atoms with Crippen LogP contribution in [-0.4, -0.2) is 37.7 Å². The molecular formula is C11H16N2O4S. The molecule has 1 aliphatic heterocycles. The molecule has 0 saturated carbocycles. The monoisotopic (exact) mass is 272 g/mol. The van der Waals surface area contributed by atoms with Crippen molar-refractivity contribution in [3.05, 3.63) is 32.6 Å². The molecule has 6 nitrogen and oxygen atoms in total. The fourth-order valence-corrected chi connectivity index (χ4v) is 3.54. The van der Waals surface area contributed by atoms with Crippen LogP contribution in [-0.2, 0) is 0 Å². The van der Waals surface area contributed by atoms with Crippen LogP contribution in [0.2, 0.25) is 0 Å². The van der Waals surface area contributed by atoms with Gasteiger partial charge in [0.15, 0.2) is 0 Å². The van der Waals surface area contributed by atoms with E-state index in [-0.39, 0.29) is 24.1 Å². The van der Waals surface area contributed by atoms with Gasteiger partial charge in [0.2, 0.25) is 0 Å². The zero-order valence-electron chi connectivity index (χ0n) is 10.0. The molecule has 1 saturated heterocycles. The Balaban J connectivity index is 2.33. The minimum absolute atomic E-state index is 0.123. The van der Waals surface area contributed by atoms with E-state index in [1.54, 1.807) is 6.92 Å². The van der Waals surface area contributed by atoms with E-state index in [1.807, 2.05) is 0 Å². The molecule has 3 N–H and O–H groups in total. The highest BCUT2D eigenvalue weighted by Gasteiger charge is 2.40. The van der Waals surface area contributed by atoms with Crippen molar-refractivity contribution in [1.82, 2.24) is 9.55 Å². The first kappa shape index (κ1) is 13.4. The van der Waals surface area contributed by atoms with Crippen LogP contribution < -0.4 is 11.2 Å². The van der Waals surface area contributed by atoms with Gasteiger partial charge in [-0.3, -0.25) is 14.3 Å². The summed E-state index contributed by atoms with van der Waals surface area (Å²) in [6.45, 7) is 1.39. The molecule has 0 aliphatic carbocycles. The van der Waals surface area contributed by atoms with Crippen molar-refractivity contribution in [2.45, 2.75) is 29.9 Å². The number of aryl methyl sites for hydroxylation is 1. The van der Waals surface area contributed by atoms with Crippen molar-refractivity contribution in [3.63, 3.8) is 0 Å². The number of aromatic nitrogens is 2. The lowest BCUT2D eigenvalue weighted by molar-refractivity contribution is 0.170. The van der Waals surface area contributed by atoms with E-state index in [4.69, 9.17) is 0 Å². The Labute approximate surface area is 108 Å². The van der Waals surface area contributed by atoms with Crippen LogP contribution in [0.5, 0.6) is 0 Å². The number of hydrogen-bond acceptors (Lipinski definition) is 5. The number of H-pyrrole nitrogens is 1. The van der Waals surface area contributed by atoms with Crippen LogP contribution in [0, 0.1) is 6.92 Å². The summed E-state index contributed by atoms with van der Waals surface area (Å²) in [5.41, 5.74) is -0.356. The number of hydrogen-bond donors (Lipinski definition) is 3. The van der Waals surface area contributed by atoms with Gasteiger partial charge in [-0.2, -0.15) is 0 Å². The van der Waals surface area contributed by atoms with Crippen molar-refractivity contribution < 1.29 is 10.2 Å². The topological polar surface area (TPSA) is 95.3 Å². The van der Waals surface area contributed by atoms with Gasteiger partial charge < -0.3 is 10.2 Å². The van der Waals surface area contributed by atoms with Gasteiger partial charge in [0.25, 0.3) is 5.56 Å². The quantitative estimate of drug-likeness (QED) is 0.695. The van der Waals surface area contributed by atoms with E-state index in [0.29, 0.717) is 18.4 Å². The summed E-state index contributed by atoms with van der Waals surface area (Å²) in [5.74, 6) is 0. The number of thioether (sulfide) groups is 1. The molecule has 0 radical (unpaired) electrons. The molecular weight excluding hydrogens is 256 g/mol. The van der Waals surface area contributed by atoms with Gasteiger partial charge >= 0.3 is 5.69 Å². The summed E-state index contributed by atoms with van der Waals surface area (Å²) >= 11 is 1.38. The van der Waals surface area contributed by atoms with Crippen molar-refractivity contribution in [1.29, 1.82) is 0 Å². The number of aliphatic hydroxyl groups is 2. The highest BCUT2D eigenvalue weighted by atomic mass is 32.2. The molecule has 18 heavy (non-hydrogen) atoms. The van der Waals surface area contributed by atoms with Crippen molar-refractivity contribution in [2.75, 3.05) is 13.2 Å². The van der Waals surface area contributed by atoms with E-state index < -0.39 is 10.4 Å². The average Bonchev–Trinajstić information content (AvgIpc) is 2.79. The predicted molar refractivity (Wildman–Crippen MR) is 68.8 cm³/mol. The molecule has 1 atom stereocenters.